The quantitative estimate of drug-likeness (QED) is 0.838. The van der Waals surface area contributed by atoms with E-state index in [1.807, 2.05) is 11.7 Å². The van der Waals surface area contributed by atoms with Crippen LogP contribution in [0, 0.1) is 0 Å². The number of hydrogen-bond acceptors (Lipinski definition) is 3. The summed E-state index contributed by atoms with van der Waals surface area (Å²) >= 11 is 3.58. The van der Waals surface area contributed by atoms with Gasteiger partial charge in [-0.1, -0.05) is 6.92 Å². The van der Waals surface area contributed by atoms with Crippen LogP contribution in [0.3, 0.4) is 0 Å². The fourth-order valence-electron chi connectivity index (χ4n) is 2.04. The van der Waals surface area contributed by atoms with Gasteiger partial charge < -0.3 is 9.47 Å². The number of rotatable bonds is 5. The highest BCUT2D eigenvalue weighted by atomic mass is 79.9. The minimum atomic E-state index is 0.285. The first-order valence-corrected chi connectivity index (χ1v) is 6.91. The topological polar surface area (TPSA) is 36.3 Å². The van der Waals surface area contributed by atoms with E-state index in [9.17, 15) is 0 Å². The van der Waals surface area contributed by atoms with Gasteiger partial charge in [-0.2, -0.15) is 5.10 Å². The van der Waals surface area contributed by atoms with Crippen molar-refractivity contribution in [2.75, 3.05) is 13.2 Å². The van der Waals surface area contributed by atoms with Gasteiger partial charge in [0.25, 0.3) is 0 Å². The molecule has 17 heavy (non-hydrogen) atoms. The van der Waals surface area contributed by atoms with Crippen LogP contribution in [0.5, 0.6) is 0 Å². The van der Waals surface area contributed by atoms with Crippen LogP contribution in [-0.2, 0) is 29.5 Å². The van der Waals surface area contributed by atoms with E-state index in [1.54, 1.807) is 0 Å². The lowest BCUT2D eigenvalue weighted by atomic mass is 10.2. The van der Waals surface area contributed by atoms with Crippen molar-refractivity contribution in [3.05, 3.63) is 15.9 Å². The van der Waals surface area contributed by atoms with E-state index < -0.39 is 0 Å². The smallest absolute Gasteiger partial charge is 0.0897 e. The minimum Gasteiger partial charge on any atom is -0.376 e. The average molecular weight is 303 g/mol. The first-order valence-electron chi connectivity index (χ1n) is 6.12. The molecule has 1 aromatic rings. The Morgan fingerprint density at radius 1 is 1.59 bits per heavy atom. The van der Waals surface area contributed by atoms with Gasteiger partial charge in [-0.05, 0) is 35.2 Å². The van der Waals surface area contributed by atoms with Crippen molar-refractivity contribution in [3.8, 4) is 0 Å². The molecule has 5 heteroatoms. The second-order valence-electron chi connectivity index (χ2n) is 4.33. The Balaban J connectivity index is 1.87. The van der Waals surface area contributed by atoms with Crippen molar-refractivity contribution < 1.29 is 9.47 Å². The Labute approximate surface area is 110 Å². The zero-order chi connectivity index (χ0) is 12.3. The van der Waals surface area contributed by atoms with Crippen LogP contribution in [0.15, 0.2) is 4.47 Å². The maximum atomic E-state index is 5.71. The summed E-state index contributed by atoms with van der Waals surface area (Å²) < 4.78 is 14.2. The molecular formula is C12H19BrN2O2. The molecule has 0 bridgehead atoms. The molecule has 0 amide bonds. The van der Waals surface area contributed by atoms with E-state index in [0.717, 1.165) is 41.7 Å². The molecule has 96 valence electrons. The summed E-state index contributed by atoms with van der Waals surface area (Å²) in [5.74, 6) is 0. The van der Waals surface area contributed by atoms with Crippen molar-refractivity contribution in [1.29, 1.82) is 0 Å². The summed E-state index contributed by atoms with van der Waals surface area (Å²) in [6.07, 6.45) is 3.49. The number of halogens is 1. The van der Waals surface area contributed by atoms with E-state index in [-0.39, 0.29) is 6.10 Å². The molecule has 0 aliphatic carbocycles. The lowest BCUT2D eigenvalue weighted by Crippen LogP contribution is -2.14. The lowest BCUT2D eigenvalue weighted by molar-refractivity contribution is 0.00867. The number of hydrogen-bond donors (Lipinski definition) is 0. The van der Waals surface area contributed by atoms with Crippen LogP contribution in [0.4, 0.5) is 0 Å². The zero-order valence-electron chi connectivity index (χ0n) is 10.4. The SMILES string of the molecule is CCc1nn(C)c(COCC2CCCO2)c1Br. The summed E-state index contributed by atoms with van der Waals surface area (Å²) in [6.45, 7) is 4.25. The van der Waals surface area contributed by atoms with Gasteiger partial charge in [-0.25, -0.2) is 0 Å². The zero-order valence-corrected chi connectivity index (χ0v) is 12.0. The van der Waals surface area contributed by atoms with E-state index in [4.69, 9.17) is 9.47 Å². The van der Waals surface area contributed by atoms with E-state index >= 15 is 0 Å². The Bertz CT molecular complexity index is 373. The normalized spacial score (nSPS) is 20.1. The largest absolute Gasteiger partial charge is 0.376 e. The molecule has 2 heterocycles. The first kappa shape index (κ1) is 13.1. The fourth-order valence-corrected chi connectivity index (χ4v) is 2.77. The average Bonchev–Trinajstić information content (AvgIpc) is 2.91. The second-order valence-corrected chi connectivity index (χ2v) is 5.13. The molecule has 2 rings (SSSR count). The van der Waals surface area contributed by atoms with E-state index in [2.05, 4.69) is 28.0 Å². The maximum absolute atomic E-state index is 5.71. The van der Waals surface area contributed by atoms with Gasteiger partial charge >= 0.3 is 0 Å². The highest BCUT2D eigenvalue weighted by Gasteiger charge is 2.17. The molecule has 1 saturated heterocycles. The van der Waals surface area contributed by atoms with Crippen molar-refractivity contribution in [2.24, 2.45) is 7.05 Å². The summed E-state index contributed by atoms with van der Waals surface area (Å²) in [6, 6.07) is 0. The summed E-state index contributed by atoms with van der Waals surface area (Å²) in [5.41, 5.74) is 2.18. The molecule has 0 aromatic carbocycles. The highest BCUT2D eigenvalue weighted by molar-refractivity contribution is 9.10. The molecular weight excluding hydrogens is 284 g/mol. The van der Waals surface area contributed by atoms with Crippen LogP contribution in [0.2, 0.25) is 0 Å². The lowest BCUT2D eigenvalue weighted by Gasteiger charge is -2.10. The molecule has 0 N–H and O–H groups in total. The molecule has 1 aliphatic rings. The van der Waals surface area contributed by atoms with Crippen LogP contribution < -0.4 is 0 Å². The van der Waals surface area contributed by atoms with Gasteiger partial charge in [0.2, 0.25) is 0 Å². The van der Waals surface area contributed by atoms with Crippen molar-refractivity contribution in [2.45, 2.75) is 38.9 Å². The summed E-state index contributed by atoms with van der Waals surface area (Å²) in [5, 5.41) is 4.44. The van der Waals surface area contributed by atoms with Crippen LogP contribution in [-0.4, -0.2) is 29.1 Å². The molecule has 0 radical (unpaired) electrons. The van der Waals surface area contributed by atoms with E-state index in [0.29, 0.717) is 13.2 Å². The third-order valence-electron chi connectivity index (χ3n) is 3.07. The third-order valence-corrected chi connectivity index (χ3v) is 3.98. The number of aromatic nitrogens is 2. The highest BCUT2D eigenvalue weighted by Crippen LogP contribution is 2.22. The minimum absolute atomic E-state index is 0.285. The molecule has 0 saturated carbocycles. The predicted octanol–water partition coefficient (Wildman–Crippen LogP) is 2.44. The number of ether oxygens (including phenoxy) is 2. The molecule has 1 fully saturated rings. The van der Waals surface area contributed by atoms with Gasteiger partial charge in [0.05, 0.1) is 35.2 Å². The predicted molar refractivity (Wildman–Crippen MR) is 68.9 cm³/mol. The summed E-state index contributed by atoms with van der Waals surface area (Å²) in [7, 11) is 1.95. The number of aryl methyl sites for hydroxylation is 2. The van der Waals surface area contributed by atoms with Gasteiger partial charge in [0, 0.05) is 13.7 Å². The van der Waals surface area contributed by atoms with Gasteiger partial charge in [0.1, 0.15) is 0 Å². The van der Waals surface area contributed by atoms with Gasteiger partial charge in [0.15, 0.2) is 0 Å². The van der Waals surface area contributed by atoms with Crippen molar-refractivity contribution >= 4 is 15.9 Å². The van der Waals surface area contributed by atoms with Crippen LogP contribution in [0.25, 0.3) is 0 Å². The van der Waals surface area contributed by atoms with Gasteiger partial charge in [-0.15, -0.1) is 0 Å². The van der Waals surface area contributed by atoms with Crippen LogP contribution >= 0.6 is 15.9 Å². The van der Waals surface area contributed by atoms with Crippen molar-refractivity contribution in [1.82, 2.24) is 9.78 Å². The molecule has 0 spiro atoms. The molecule has 4 nitrogen and oxygen atoms in total. The summed E-state index contributed by atoms with van der Waals surface area (Å²) in [4.78, 5) is 0. The fraction of sp³-hybridized carbons (Fsp3) is 0.750. The Morgan fingerprint density at radius 3 is 3.00 bits per heavy atom. The maximum Gasteiger partial charge on any atom is 0.0897 e. The first-order chi connectivity index (χ1) is 8.22. The van der Waals surface area contributed by atoms with E-state index in [1.165, 1.54) is 0 Å². The standard InChI is InChI=1S/C12H19BrN2O2/c1-3-10-12(13)11(15(2)14-10)8-16-7-9-5-4-6-17-9/h9H,3-8H2,1-2H3. The van der Waals surface area contributed by atoms with Gasteiger partial charge in [-0.3, -0.25) is 4.68 Å². The Kier molecular flexibility index (Phi) is 4.59. The molecule has 1 aliphatic heterocycles. The van der Waals surface area contributed by atoms with Crippen molar-refractivity contribution in [3.63, 3.8) is 0 Å². The molecule has 1 atom stereocenters. The monoisotopic (exact) mass is 302 g/mol. The number of nitrogens with zero attached hydrogens (tertiary/aromatic N) is 2. The molecule has 1 aromatic heterocycles. The second kappa shape index (κ2) is 5.98. The Morgan fingerprint density at radius 2 is 2.41 bits per heavy atom. The van der Waals surface area contributed by atoms with Crippen LogP contribution in [0.1, 0.15) is 31.2 Å². The Hall–Kier alpha value is -0.390. The third kappa shape index (κ3) is 3.09. The molecule has 1 unspecified atom stereocenters.